The summed E-state index contributed by atoms with van der Waals surface area (Å²) in [5.41, 5.74) is 2.02. The lowest BCUT2D eigenvalue weighted by atomic mass is 9.96. The van der Waals surface area contributed by atoms with Crippen LogP contribution in [0.3, 0.4) is 0 Å². The van der Waals surface area contributed by atoms with Gasteiger partial charge in [-0.1, -0.05) is 12.1 Å². The summed E-state index contributed by atoms with van der Waals surface area (Å²) in [6.07, 6.45) is 1.05. The second kappa shape index (κ2) is 7.73. The number of carbonyl (C=O) groups is 3. The second-order valence-electron chi connectivity index (χ2n) is 7.06. The molecule has 146 valence electrons. The molecule has 2 aliphatic rings. The third kappa shape index (κ3) is 3.53. The van der Waals surface area contributed by atoms with Crippen molar-refractivity contribution in [3.63, 3.8) is 0 Å². The minimum absolute atomic E-state index is 0.106. The molecule has 8 heteroatoms. The number of amides is 3. The van der Waals surface area contributed by atoms with E-state index in [9.17, 15) is 14.4 Å². The van der Waals surface area contributed by atoms with Gasteiger partial charge in [-0.2, -0.15) is 0 Å². The lowest BCUT2D eigenvalue weighted by Gasteiger charge is -2.37. The molecular weight excluding hydrogens is 376 g/mol. The number of piperidine rings is 1. The summed E-state index contributed by atoms with van der Waals surface area (Å²) < 4.78 is 0. The normalized spacial score (nSPS) is 21.4. The van der Waals surface area contributed by atoms with Crippen molar-refractivity contribution in [3.8, 4) is 10.4 Å². The van der Waals surface area contributed by atoms with Crippen LogP contribution in [0, 0.1) is 0 Å². The number of thiophene rings is 1. The van der Waals surface area contributed by atoms with E-state index in [0.717, 1.165) is 10.4 Å². The monoisotopic (exact) mass is 398 g/mol. The largest absolute Gasteiger partial charge is 0.352 e. The van der Waals surface area contributed by atoms with Crippen LogP contribution in [0.2, 0.25) is 0 Å². The standard InChI is InChI=1S/C20H22N4O3S/c1-21-11-18(25)22-13-6-7-24-16(10-13)19(26)23-15-5-4-12(9-14(15)20(24)27)17-3-2-8-28-17/h2-5,8-9,13,16,21H,6-7,10-11H2,1H3,(H,22,25)(H,23,26). The highest BCUT2D eigenvalue weighted by molar-refractivity contribution is 7.13. The fourth-order valence-corrected chi connectivity index (χ4v) is 4.55. The SMILES string of the molecule is CNCC(=O)NC1CCN2C(=O)c3cc(-c4cccs4)ccc3NC(=O)C2C1. The molecule has 2 aromatic rings. The van der Waals surface area contributed by atoms with Gasteiger partial charge in [0.05, 0.1) is 17.8 Å². The number of nitrogens with one attached hydrogen (secondary N) is 3. The van der Waals surface area contributed by atoms with Crippen LogP contribution in [0.15, 0.2) is 35.7 Å². The van der Waals surface area contributed by atoms with Gasteiger partial charge in [0, 0.05) is 17.5 Å². The number of carbonyl (C=O) groups excluding carboxylic acids is 3. The van der Waals surface area contributed by atoms with Crippen LogP contribution >= 0.6 is 11.3 Å². The van der Waals surface area contributed by atoms with E-state index in [0.29, 0.717) is 30.6 Å². The molecule has 3 heterocycles. The Balaban J connectivity index is 1.58. The van der Waals surface area contributed by atoms with Crippen molar-refractivity contribution in [2.45, 2.75) is 24.9 Å². The molecule has 2 unspecified atom stereocenters. The van der Waals surface area contributed by atoms with E-state index < -0.39 is 6.04 Å². The molecule has 3 amide bonds. The molecule has 7 nitrogen and oxygen atoms in total. The van der Waals surface area contributed by atoms with Crippen molar-refractivity contribution >= 4 is 34.7 Å². The summed E-state index contributed by atoms with van der Waals surface area (Å²) in [6, 6.07) is 8.84. The molecule has 0 spiro atoms. The molecule has 1 aromatic carbocycles. The third-order valence-corrected chi connectivity index (χ3v) is 6.10. The number of likely N-dealkylation sites (N-methyl/N-ethyl adjacent to an activating group) is 1. The maximum atomic E-state index is 13.2. The summed E-state index contributed by atoms with van der Waals surface area (Å²) in [5, 5.41) is 10.6. The molecule has 28 heavy (non-hydrogen) atoms. The van der Waals surface area contributed by atoms with E-state index in [2.05, 4.69) is 16.0 Å². The molecule has 3 N–H and O–H groups in total. The van der Waals surface area contributed by atoms with Crippen molar-refractivity contribution in [1.29, 1.82) is 0 Å². The number of anilines is 1. The Morgan fingerprint density at radius 3 is 2.93 bits per heavy atom. The molecule has 2 aliphatic heterocycles. The van der Waals surface area contributed by atoms with E-state index in [-0.39, 0.29) is 30.3 Å². The Morgan fingerprint density at radius 1 is 1.32 bits per heavy atom. The number of fused-ring (bicyclic) bond motifs is 2. The number of rotatable bonds is 4. The summed E-state index contributed by atoms with van der Waals surface area (Å²) in [4.78, 5) is 40.6. The molecule has 0 saturated carbocycles. The fourth-order valence-electron chi connectivity index (χ4n) is 3.82. The summed E-state index contributed by atoms with van der Waals surface area (Å²) >= 11 is 1.61. The van der Waals surface area contributed by atoms with Crippen molar-refractivity contribution < 1.29 is 14.4 Å². The Bertz CT molecular complexity index is 912. The number of hydrogen-bond acceptors (Lipinski definition) is 5. The van der Waals surface area contributed by atoms with Crippen LogP contribution in [-0.2, 0) is 9.59 Å². The first kappa shape index (κ1) is 18.6. The highest BCUT2D eigenvalue weighted by atomic mass is 32.1. The summed E-state index contributed by atoms with van der Waals surface area (Å²) in [5.74, 6) is -0.453. The van der Waals surface area contributed by atoms with Gasteiger partial charge in [0.1, 0.15) is 6.04 Å². The molecular formula is C20H22N4O3S. The van der Waals surface area contributed by atoms with Gasteiger partial charge in [0.15, 0.2) is 0 Å². The van der Waals surface area contributed by atoms with Crippen LogP contribution in [0.4, 0.5) is 5.69 Å². The molecule has 4 rings (SSSR count). The molecule has 0 bridgehead atoms. The van der Waals surface area contributed by atoms with E-state index in [4.69, 9.17) is 0 Å². The van der Waals surface area contributed by atoms with Crippen molar-refractivity contribution in [1.82, 2.24) is 15.5 Å². The smallest absolute Gasteiger partial charge is 0.256 e. The maximum absolute atomic E-state index is 13.2. The Labute approximate surface area is 167 Å². The van der Waals surface area contributed by atoms with Gasteiger partial charge in [-0.25, -0.2) is 0 Å². The second-order valence-corrected chi connectivity index (χ2v) is 8.01. The highest BCUT2D eigenvalue weighted by Gasteiger charge is 2.40. The zero-order valence-electron chi connectivity index (χ0n) is 15.5. The zero-order chi connectivity index (χ0) is 19.7. The van der Waals surface area contributed by atoms with Gasteiger partial charge in [-0.15, -0.1) is 11.3 Å². The average molecular weight is 398 g/mol. The zero-order valence-corrected chi connectivity index (χ0v) is 16.3. The van der Waals surface area contributed by atoms with Crippen LogP contribution in [0.5, 0.6) is 0 Å². The van der Waals surface area contributed by atoms with Gasteiger partial charge in [-0.3, -0.25) is 14.4 Å². The first-order valence-electron chi connectivity index (χ1n) is 9.30. The first-order chi connectivity index (χ1) is 13.6. The van der Waals surface area contributed by atoms with Crippen molar-refractivity contribution in [2.75, 3.05) is 25.5 Å². The van der Waals surface area contributed by atoms with E-state index >= 15 is 0 Å². The lowest BCUT2D eigenvalue weighted by molar-refractivity contribution is -0.124. The van der Waals surface area contributed by atoms with E-state index in [1.807, 2.05) is 29.6 Å². The molecule has 2 atom stereocenters. The molecule has 1 fully saturated rings. The number of hydrogen-bond donors (Lipinski definition) is 3. The van der Waals surface area contributed by atoms with Gasteiger partial charge < -0.3 is 20.9 Å². The quantitative estimate of drug-likeness (QED) is 0.731. The van der Waals surface area contributed by atoms with Crippen LogP contribution in [0.25, 0.3) is 10.4 Å². The number of nitrogens with zero attached hydrogens (tertiary/aromatic N) is 1. The molecule has 0 radical (unpaired) electrons. The topological polar surface area (TPSA) is 90.5 Å². The van der Waals surface area contributed by atoms with Crippen molar-refractivity contribution in [2.24, 2.45) is 0 Å². The predicted octanol–water partition coefficient (Wildman–Crippen LogP) is 1.68. The number of benzene rings is 1. The van der Waals surface area contributed by atoms with E-state index in [1.165, 1.54) is 0 Å². The summed E-state index contributed by atoms with van der Waals surface area (Å²) in [6.45, 7) is 0.664. The fraction of sp³-hybridized carbons (Fsp3) is 0.350. The highest BCUT2D eigenvalue weighted by Crippen LogP contribution is 2.33. The van der Waals surface area contributed by atoms with Crippen LogP contribution in [0.1, 0.15) is 23.2 Å². The van der Waals surface area contributed by atoms with Gasteiger partial charge in [0.25, 0.3) is 5.91 Å². The Kier molecular flexibility index (Phi) is 5.15. The third-order valence-electron chi connectivity index (χ3n) is 5.18. The maximum Gasteiger partial charge on any atom is 0.256 e. The summed E-state index contributed by atoms with van der Waals surface area (Å²) in [7, 11) is 1.71. The van der Waals surface area contributed by atoms with Gasteiger partial charge >= 0.3 is 0 Å². The molecule has 1 saturated heterocycles. The minimum atomic E-state index is -0.585. The lowest BCUT2D eigenvalue weighted by Crippen LogP contribution is -2.55. The van der Waals surface area contributed by atoms with Crippen molar-refractivity contribution in [3.05, 3.63) is 41.3 Å². The predicted molar refractivity (Wildman–Crippen MR) is 108 cm³/mol. The minimum Gasteiger partial charge on any atom is -0.352 e. The molecule has 1 aromatic heterocycles. The molecule has 0 aliphatic carbocycles. The average Bonchev–Trinajstić information content (AvgIpc) is 3.19. The van der Waals surface area contributed by atoms with Gasteiger partial charge in [0.2, 0.25) is 11.8 Å². The van der Waals surface area contributed by atoms with Gasteiger partial charge in [-0.05, 0) is 49.0 Å². The van der Waals surface area contributed by atoms with Crippen LogP contribution < -0.4 is 16.0 Å². The Hall–Kier alpha value is -2.71. The first-order valence-corrected chi connectivity index (χ1v) is 10.2. The van der Waals surface area contributed by atoms with E-state index in [1.54, 1.807) is 29.4 Å². The Morgan fingerprint density at radius 2 is 2.18 bits per heavy atom. The van der Waals surface area contributed by atoms with Crippen LogP contribution in [-0.4, -0.2) is 54.8 Å².